The highest BCUT2D eigenvalue weighted by Crippen LogP contribution is 2.28. The molecule has 0 spiro atoms. The fourth-order valence-corrected chi connectivity index (χ4v) is 4.12. The first kappa shape index (κ1) is 18.3. The molecule has 1 aliphatic carbocycles. The van der Waals surface area contributed by atoms with Gasteiger partial charge in [0.15, 0.2) is 11.0 Å². The highest BCUT2D eigenvalue weighted by atomic mass is 35.5. The molecule has 1 unspecified atom stereocenters. The molecule has 1 aromatic heterocycles. The highest BCUT2D eigenvalue weighted by molar-refractivity contribution is 8.00. The lowest BCUT2D eigenvalue weighted by molar-refractivity contribution is -0.120. The largest absolute Gasteiger partial charge is 0.352 e. The van der Waals surface area contributed by atoms with Crippen molar-refractivity contribution in [2.24, 2.45) is 0 Å². The van der Waals surface area contributed by atoms with E-state index in [1.54, 1.807) is 0 Å². The lowest BCUT2D eigenvalue weighted by Crippen LogP contribution is -2.37. The Morgan fingerprint density at radius 1 is 1.32 bits per heavy atom. The van der Waals surface area contributed by atoms with Crippen LogP contribution >= 0.6 is 23.4 Å². The predicted molar refractivity (Wildman–Crippen MR) is 102 cm³/mol. The summed E-state index contributed by atoms with van der Waals surface area (Å²) in [4.78, 5) is 12.4. The first-order valence-electron chi connectivity index (χ1n) is 8.74. The Morgan fingerprint density at radius 2 is 2.00 bits per heavy atom. The van der Waals surface area contributed by atoms with Gasteiger partial charge in [-0.2, -0.15) is 0 Å². The zero-order chi connectivity index (χ0) is 17.8. The summed E-state index contributed by atoms with van der Waals surface area (Å²) < 4.78 is 2.03. The quantitative estimate of drug-likeness (QED) is 0.767. The van der Waals surface area contributed by atoms with Crippen LogP contribution in [0.3, 0.4) is 0 Å². The average Bonchev–Trinajstić information content (AvgIpc) is 3.25. The van der Waals surface area contributed by atoms with E-state index in [1.165, 1.54) is 24.6 Å². The van der Waals surface area contributed by atoms with Crippen molar-refractivity contribution in [3.8, 4) is 11.4 Å². The Hall–Kier alpha value is -1.53. The molecule has 3 rings (SSSR count). The molecule has 1 heterocycles. The van der Waals surface area contributed by atoms with Gasteiger partial charge in [-0.1, -0.05) is 36.2 Å². The minimum absolute atomic E-state index is 0.0793. The van der Waals surface area contributed by atoms with Crippen LogP contribution in [0.2, 0.25) is 5.02 Å². The molecular formula is C18H23ClN4OS. The second-order valence-electron chi connectivity index (χ2n) is 6.31. The van der Waals surface area contributed by atoms with Crippen molar-refractivity contribution in [2.75, 3.05) is 0 Å². The number of aromatic nitrogens is 3. The molecule has 0 radical (unpaired) electrons. The van der Waals surface area contributed by atoms with E-state index < -0.39 is 0 Å². The van der Waals surface area contributed by atoms with E-state index in [9.17, 15) is 4.79 Å². The number of halogens is 1. The minimum Gasteiger partial charge on any atom is -0.352 e. The molecule has 134 valence electrons. The SMILES string of the molecule is CCn1c(SC(C)C(=O)NC2CCCC2)nnc1-c1ccc(Cl)cc1. The van der Waals surface area contributed by atoms with Gasteiger partial charge in [0.05, 0.1) is 5.25 Å². The van der Waals surface area contributed by atoms with Gasteiger partial charge in [-0.05, 0) is 51.0 Å². The normalized spacial score (nSPS) is 16.1. The van der Waals surface area contributed by atoms with Gasteiger partial charge in [0, 0.05) is 23.2 Å². The van der Waals surface area contributed by atoms with E-state index in [0.29, 0.717) is 11.1 Å². The van der Waals surface area contributed by atoms with E-state index >= 15 is 0 Å². The number of carbonyl (C=O) groups excluding carboxylic acids is 1. The maximum absolute atomic E-state index is 12.4. The maximum Gasteiger partial charge on any atom is 0.233 e. The van der Waals surface area contributed by atoms with Crippen molar-refractivity contribution in [3.63, 3.8) is 0 Å². The minimum atomic E-state index is -0.201. The number of hydrogen-bond donors (Lipinski definition) is 1. The number of carbonyl (C=O) groups is 1. The van der Waals surface area contributed by atoms with Gasteiger partial charge < -0.3 is 9.88 Å². The summed E-state index contributed by atoms with van der Waals surface area (Å²) in [5, 5.41) is 13.0. The molecule has 2 aromatic rings. The zero-order valence-corrected chi connectivity index (χ0v) is 16.1. The second-order valence-corrected chi connectivity index (χ2v) is 8.05. The monoisotopic (exact) mass is 378 g/mol. The molecular weight excluding hydrogens is 356 g/mol. The van der Waals surface area contributed by atoms with E-state index in [1.807, 2.05) is 35.8 Å². The number of hydrogen-bond acceptors (Lipinski definition) is 4. The molecule has 7 heteroatoms. The van der Waals surface area contributed by atoms with Crippen molar-refractivity contribution in [2.45, 2.75) is 62.5 Å². The number of rotatable bonds is 6. The number of nitrogens with one attached hydrogen (secondary N) is 1. The smallest absolute Gasteiger partial charge is 0.233 e. The van der Waals surface area contributed by atoms with E-state index in [2.05, 4.69) is 22.4 Å². The van der Waals surface area contributed by atoms with Crippen molar-refractivity contribution in [1.29, 1.82) is 0 Å². The molecule has 1 fully saturated rings. The molecule has 0 aliphatic heterocycles. The van der Waals surface area contributed by atoms with E-state index in [4.69, 9.17) is 11.6 Å². The molecule has 1 N–H and O–H groups in total. The van der Waals surface area contributed by atoms with Crippen LogP contribution in [0, 0.1) is 0 Å². The summed E-state index contributed by atoms with van der Waals surface area (Å²) >= 11 is 7.42. The van der Waals surface area contributed by atoms with E-state index in [0.717, 1.165) is 35.9 Å². The molecule has 0 bridgehead atoms. The third-order valence-corrected chi connectivity index (χ3v) is 5.82. The second kappa shape index (κ2) is 8.23. The standard InChI is InChI=1S/C18H23ClN4OS/c1-3-23-16(13-8-10-14(19)11-9-13)21-22-18(23)25-12(2)17(24)20-15-6-4-5-7-15/h8-12,15H,3-7H2,1-2H3,(H,20,24). The lowest BCUT2D eigenvalue weighted by atomic mass is 10.2. The number of amides is 1. The van der Waals surface area contributed by atoms with Crippen LogP contribution in [0.15, 0.2) is 29.4 Å². The van der Waals surface area contributed by atoms with Crippen molar-refractivity contribution < 1.29 is 4.79 Å². The summed E-state index contributed by atoms with van der Waals surface area (Å²) in [6.07, 6.45) is 4.60. The summed E-state index contributed by atoms with van der Waals surface area (Å²) in [6, 6.07) is 7.89. The number of benzene rings is 1. The van der Waals surface area contributed by atoms with Gasteiger partial charge in [0.2, 0.25) is 5.91 Å². The Bertz CT molecular complexity index is 725. The third-order valence-electron chi connectivity index (χ3n) is 4.49. The van der Waals surface area contributed by atoms with Gasteiger partial charge in [0.1, 0.15) is 0 Å². The van der Waals surface area contributed by atoms with Gasteiger partial charge >= 0.3 is 0 Å². The summed E-state index contributed by atoms with van der Waals surface area (Å²) in [6.45, 7) is 4.71. The average molecular weight is 379 g/mol. The van der Waals surface area contributed by atoms with E-state index in [-0.39, 0.29) is 11.2 Å². The Morgan fingerprint density at radius 3 is 2.64 bits per heavy atom. The lowest BCUT2D eigenvalue weighted by Gasteiger charge is -2.16. The summed E-state index contributed by atoms with van der Waals surface area (Å²) in [7, 11) is 0. The van der Waals surface area contributed by atoms with Crippen LogP contribution in [-0.2, 0) is 11.3 Å². The Balaban J connectivity index is 1.71. The van der Waals surface area contributed by atoms with Crippen molar-refractivity contribution in [1.82, 2.24) is 20.1 Å². The van der Waals surface area contributed by atoms with Crippen molar-refractivity contribution in [3.05, 3.63) is 29.3 Å². The fraction of sp³-hybridized carbons (Fsp3) is 0.500. The third kappa shape index (κ3) is 4.36. The topological polar surface area (TPSA) is 59.8 Å². The predicted octanol–water partition coefficient (Wildman–Crippen LogP) is 4.16. The first-order valence-corrected chi connectivity index (χ1v) is 10.0. The highest BCUT2D eigenvalue weighted by Gasteiger charge is 2.23. The number of thioether (sulfide) groups is 1. The molecule has 1 aromatic carbocycles. The Kier molecular flexibility index (Phi) is 6.02. The molecule has 25 heavy (non-hydrogen) atoms. The summed E-state index contributed by atoms with van der Waals surface area (Å²) in [5.41, 5.74) is 0.966. The van der Waals surface area contributed by atoms with Gasteiger partial charge in [0.25, 0.3) is 0 Å². The molecule has 1 aliphatic rings. The molecule has 1 amide bonds. The van der Waals surface area contributed by atoms with Gasteiger partial charge in [-0.3, -0.25) is 4.79 Å². The summed E-state index contributed by atoms with van der Waals surface area (Å²) in [5.74, 6) is 0.876. The molecule has 1 atom stereocenters. The zero-order valence-electron chi connectivity index (χ0n) is 14.5. The maximum atomic E-state index is 12.4. The van der Waals surface area contributed by atoms with Gasteiger partial charge in [-0.15, -0.1) is 10.2 Å². The van der Waals surface area contributed by atoms with Gasteiger partial charge in [-0.25, -0.2) is 0 Å². The number of nitrogens with zero attached hydrogens (tertiary/aromatic N) is 3. The van der Waals surface area contributed by atoms with Crippen LogP contribution in [-0.4, -0.2) is 32.0 Å². The van der Waals surface area contributed by atoms with Crippen LogP contribution in [0.4, 0.5) is 0 Å². The molecule has 0 saturated heterocycles. The van der Waals surface area contributed by atoms with Crippen LogP contribution < -0.4 is 5.32 Å². The molecule has 1 saturated carbocycles. The van der Waals surface area contributed by atoms with Crippen LogP contribution in [0.5, 0.6) is 0 Å². The fourth-order valence-electron chi connectivity index (χ4n) is 3.07. The Labute approximate surface area is 157 Å². The van der Waals surface area contributed by atoms with Crippen LogP contribution in [0.25, 0.3) is 11.4 Å². The van der Waals surface area contributed by atoms with Crippen LogP contribution in [0.1, 0.15) is 39.5 Å². The molecule has 5 nitrogen and oxygen atoms in total. The first-order chi connectivity index (χ1) is 12.1. The van der Waals surface area contributed by atoms with Crippen molar-refractivity contribution >= 4 is 29.3 Å².